The molecule has 2 aromatic heterocycles. The number of carbonyl (C=O) groups is 1. The number of aromatic amines is 1. The summed E-state index contributed by atoms with van der Waals surface area (Å²) in [5, 5.41) is 9.57. The molecule has 4 rings (SSSR count). The smallest absolute Gasteiger partial charge is 0.319 e. The van der Waals surface area contributed by atoms with E-state index in [9.17, 15) is 4.79 Å². The summed E-state index contributed by atoms with van der Waals surface area (Å²) >= 11 is 1.29. The topological polar surface area (TPSA) is 80.8 Å². The van der Waals surface area contributed by atoms with Gasteiger partial charge in [-0.15, -0.1) is 10.2 Å². The minimum atomic E-state index is -0.356. The van der Waals surface area contributed by atoms with Crippen molar-refractivity contribution in [3.8, 4) is 0 Å². The fourth-order valence-electron chi connectivity index (χ4n) is 3.21. The number of rotatable bonds is 4. The van der Waals surface area contributed by atoms with Crippen LogP contribution in [-0.4, -0.2) is 37.5 Å². The zero-order valence-corrected chi connectivity index (χ0v) is 14.9. The largest absolute Gasteiger partial charge is 0.462 e. The first-order valence-corrected chi connectivity index (χ1v) is 9.57. The summed E-state index contributed by atoms with van der Waals surface area (Å²) in [5.41, 5.74) is 2.41. The first-order chi connectivity index (χ1) is 12.2. The van der Waals surface area contributed by atoms with Gasteiger partial charge >= 0.3 is 5.97 Å². The number of fused-ring (bicyclic) bond motifs is 3. The molecule has 130 valence electrons. The SMILES string of the molecule is CC(Sc1nnc2c(n1)[nH]c1ccccc12)C(=O)OC1CCCCC1. The van der Waals surface area contributed by atoms with Gasteiger partial charge in [-0.2, -0.15) is 0 Å². The second-order valence-electron chi connectivity index (χ2n) is 6.42. The van der Waals surface area contributed by atoms with Gasteiger partial charge < -0.3 is 9.72 Å². The van der Waals surface area contributed by atoms with Crippen molar-refractivity contribution in [2.24, 2.45) is 0 Å². The average molecular weight is 356 g/mol. The van der Waals surface area contributed by atoms with Crippen molar-refractivity contribution in [3.05, 3.63) is 24.3 Å². The second kappa shape index (κ2) is 7.00. The number of hydrogen-bond acceptors (Lipinski definition) is 6. The predicted octanol–water partition coefficient (Wildman–Crippen LogP) is 3.86. The number of ether oxygens (including phenoxy) is 1. The molecule has 0 amide bonds. The summed E-state index contributed by atoms with van der Waals surface area (Å²) in [7, 11) is 0. The second-order valence-corrected chi connectivity index (χ2v) is 7.73. The van der Waals surface area contributed by atoms with Crippen molar-refractivity contribution in [2.75, 3.05) is 0 Å². The predicted molar refractivity (Wildman–Crippen MR) is 97.5 cm³/mol. The highest BCUT2D eigenvalue weighted by atomic mass is 32.2. The number of nitrogens with zero attached hydrogens (tertiary/aromatic N) is 3. The number of thioether (sulfide) groups is 1. The molecule has 3 aromatic rings. The van der Waals surface area contributed by atoms with E-state index >= 15 is 0 Å². The minimum Gasteiger partial charge on any atom is -0.462 e. The molecule has 1 N–H and O–H groups in total. The van der Waals surface area contributed by atoms with E-state index in [0.29, 0.717) is 10.8 Å². The van der Waals surface area contributed by atoms with E-state index in [-0.39, 0.29) is 17.3 Å². The van der Waals surface area contributed by atoms with Crippen LogP contribution >= 0.6 is 11.8 Å². The van der Waals surface area contributed by atoms with E-state index in [1.165, 1.54) is 18.2 Å². The van der Waals surface area contributed by atoms with Crippen LogP contribution in [0.1, 0.15) is 39.0 Å². The van der Waals surface area contributed by atoms with Crippen LogP contribution in [0, 0.1) is 0 Å². The van der Waals surface area contributed by atoms with Crippen LogP contribution in [-0.2, 0) is 9.53 Å². The Labute approximate surface area is 149 Å². The zero-order valence-electron chi connectivity index (χ0n) is 14.1. The van der Waals surface area contributed by atoms with Gasteiger partial charge in [0.2, 0.25) is 5.16 Å². The first kappa shape index (κ1) is 16.3. The Morgan fingerprint density at radius 3 is 2.88 bits per heavy atom. The van der Waals surface area contributed by atoms with E-state index < -0.39 is 0 Å². The van der Waals surface area contributed by atoms with Gasteiger partial charge in [-0.25, -0.2) is 4.98 Å². The van der Waals surface area contributed by atoms with Gasteiger partial charge in [0.1, 0.15) is 16.9 Å². The molecule has 1 saturated carbocycles. The molecule has 1 aliphatic rings. The van der Waals surface area contributed by atoms with E-state index in [2.05, 4.69) is 20.2 Å². The van der Waals surface area contributed by atoms with Crippen LogP contribution in [0.4, 0.5) is 0 Å². The van der Waals surface area contributed by atoms with Crippen molar-refractivity contribution in [1.82, 2.24) is 20.2 Å². The highest BCUT2D eigenvalue weighted by Gasteiger charge is 2.23. The first-order valence-electron chi connectivity index (χ1n) is 8.69. The van der Waals surface area contributed by atoms with E-state index in [1.54, 1.807) is 0 Å². The molecule has 0 bridgehead atoms. The van der Waals surface area contributed by atoms with Crippen LogP contribution in [0.25, 0.3) is 22.1 Å². The number of esters is 1. The summed E-state index contributed by atoms with van der Waals surface area (Å²) in [6.45, 7) is 1.83. The summed E-state index contributed by atoms with van der Waals surface area (Å²) in [6, 6.07) is 7.89. The van der Waals surface area contributed by atoms with Gasteiger partial charge in [0.15, 0.2) is 5.65 Å². The number of benzene rings is 1. The minimum absolute atomic E-state index is 0.0690. The molecule has 1 unspecified atom stereocenters. The maximum Gasteiger partial charge on any atom is 0.319 e. The van der Waals surface area contributed by atoms with Gasteiger partial charge in [0.05, 0.1) is 0 Å². The molecule has 6 nitrogen and oxygen atoms in total. The fraction of sp³-hybridized carbons (Fsp3) is 0.444. The summed E-state index contributed by atoms with van der Waals surface area (Å²) in [5.74, 6) is -0.197. The lowest BCUT2D eigenvalue weighted by atomic mass is 9.98. The van der Waals surface area contributed by atoms with Gasteiger partial charge in [-0.05, 0) is 38.7 Å². The lowest BCUT2D eigenvalue weighted by molar-refractivity contribution is -0.149. The van der Waals surface area contributed by atoms with Crippen molar-refractivity contribution >= 4 is 39.8 Å². The molecule has 1 aromatic carbocycles. The third-order valence-corrected chi connectivity index (χ3v) is 5.48. The van der Waals surface area contributed by atoms with E-state index in [4.69, 9.17) is 4.74 Å². The highest BCUT2D eigenvalue weighted by Crippen LogP contribution is 2.27. The molecular formula is C18H20N4O2S. The number of H-pyrrole nitrogens is 1. The quantitative estimate of drug-likeness (QED) is 0.565. The van der Waals surface area contributed by atoms with Gasteiger partial charge in [0, 0.05) is 10.9 Å². The molecule has 0 saturated heterocycles. The highest BCUT2D eigenvalue weighted by molar-refractivity contribution is 8.00. The molecule has 1 fully saturated rings. The standard InChI is InChI=1S/C18H20N4O2S/c1-11(17(23)24-12-7-3-2-4-8-12)25-18-20-16-15(21-22-18)13-9-5-6-10-14(13)19-16/h5-6,9-12H,2-4,7-8H2,1H3,(H,19,20,22). The maximum atomic E-state index is 12.3. The molecule has 0 radical (unpaired) electrons. The van der Waals surface area contributed by atoms with Crippen LogP contribution in [0.5, 0.6) is 0 Å². The van der Waals surface area contributed by atoms with Crippen molar-refractivity contribution < 1.29 is 9.53 Å². The van der Waals surface area contributed by atoms with Crippen molar-refractivity contribution in [2.45, 2.75) is 55.5 Å². The Kier molecular flexibility index (Phi) is 4.57. The molecule has 25 heavy (non-hydrogen) atoms. The van der Waals surface area contributed by atoms with Crippen molar-refractivity contribution in [3.63, 3.8) is 0 Å². The van der Waals surface area contributed by atoms with E-state index in [1.807, 2.05) is 31.2 Å². The van der Waals surface area contributed by atoms with E-state index in [0.717, 1.165) is 42.1 Å². The summed E-state index contributed by atoms with van der Waals surface area (Å²) < 4.78 is 5.62. The molecule has 1 aliphatic carbocycles. The van der Waals surface area contributed by atoms with Crippen LogP contribution in [0.2, 0.25) is 0 Å². The monoisotopic (exact) mass is 356 g/mol. The molecule has 0 aliphatic heterocycles. The van der Waals surface area contributed by atoms with Crippen LogP contribution in [0.15, 0.2) is 29.4 Å². The Hall–Kier alpha value is -2.15. The number of para-hydroxylation sites is 1. The zero-order chi connectivity index (χ0) is 17.2. The molecule has 7 heteroatoms. The lowest BCUT2D eigenvalue weighted by Crippen LogP contribution is -2.26. The van der Waals surface area contributed by atoms with Gasteiger partial charge in [-0.3, -0.25) is 4.79 Å². The third-order valence-electron chi connectivity index (χ3n) is 4.55. The Balaban J connectivity index is 1.47. The molecular weight excluding hydrogens is 336 g/mol. The normalized spacial score (nSPS) is 17.0. The maximum absolute atomic E-state index is 12.3. The van der Waals surface area contributed by atoms with Gasteiger partial charge in [-0.1, -0.05) is 36.4 Å². The Morgan fingerprint density at radius 1 is 1.24 bits per heavy atom. The summed E-state index contributed by atoms with van der Waals surface area (Å²) in [4.78, 5) is 20.0. The third kappa shape index (κ3) is 3.46. The van der Waals surface area contributed by atoms with Gasteiger partial charge in [0.25, 0.3) is 0 Å². The Morgan fingerprint density at radius 2 is 2.04 bits per heavy atom. The number of hydrogen-bond donors (Lipinski definition) is 1. The number of carbonyl (C=O) groups excluding carboxylic acids is 1. The molecule has 0 spiro atoms. The van der Waals surface area contributed by atoms with Crippen LogP contribution < -0.4 is 0 Å². The van der Waals surface area contributed by atoms with Crippen LogP contribution in [0.3, 0.4) is 0 Å². The average Bonchev–Trinajstić information content (AvgIpc) is 3.00. The molecule has 1 atom stereocenters. The fourth-order valence-corrected chi connectivity index (χ4v) is 3.91. The molecule has 2 heterocycles. The Bertz CT molecular complexity index is 904. The van der Waals surface area contributed by atoms with Crippen molar-refractivity contribution in [1.29, 1.82) is 0 Å². The number of aromatic nitrogens is 4. The summed E-state index contributed by atoms with van der Waals surface area (Å²) in [6.07, 6.45) is 5.54. The lowest BCUT2D eigenvalue weighted by Gasteiger charge is -2.23. The number of nitrogens with one attached hydrogen (secondary N) is 1.